The molecule has 2 rings (SSSR count). The average Bonchev–Trinajstić information content (AvgIpc) is 2.19. The first-order valence-electron chi connectivity index (χ1n) is 4.36. The SMILES string of the molecule is O=c1cnn(-c2c(O)cc(Cl)cc2F)c(=O)[nH]1. The van der Waals surface area contributed by atoms with Gasteiger partial charge in [-0.25, -0.2) is 9.18 Å². The fourth-order valence-electron chi connectivity index (χ4n) is 1.27. The third-order valence-electron chi connectivity index (χ3n) is 1.93. The van der Waals surface area contributed by atoms with Crippen LogP contribution in [0.1, 0.15) is 0 Å². The number of nitrogens with one attached hydrogen (secondary N) is 1. The molecular weight excluding hydrogens is 253 g/mol. The Bertz CT molecular complexity index is 671. The second kappa shape index (κ2) is 4.02. The molecule has 0 radical (unpaired) electrons. The van der Waals surface area contributed by atoms with Gasteiger partial charge in [0.25, 0.3) is 5.56 Å². The van der Waals surface area contributed by atoms with Crippen molar-refractivity contribution in [2.45, 2.75) is 0 Å². The zero-order valence-electron chi connectivity index (χ0n) is 8.15. The van der Waals surface area contributed by atoms with E-state index in [0.717, 1.165) is 18.3 Å². The Kier molecular flexibility index (Phi) is 2.68. The molecule has 1 aromatic carbocycles. The number of halogens is 2. The van der Waals surface area contributed by atoms with Gasteiger partial charge in [0, 0.05) is 11.1 Å². The standard InChI is InChI=1S/C9H5ClFN3O3/c10-4-1-5(11)8(6(15)2-4)14-9(17)13-7(16)3-12-14/h1-3,15H,(H,13,16,17). The summed E-state index contributed by atoms with van der Waals surface area (Å²) in [6, 6.07) is 1.97. The second-order valence-corrected chi connectivity index (χ2v) is 3.54. The molecule has 2 N–H and O–H groups in total. The molecule has 88 valence electrons. The van der Waals surface area contributed by atoms with Crippen LogP contribution in [0.15, 0.2) is 27.9 Å². The van der Waals surface area contributed by atoms with E-state index in [9.17, 15) is 19.1 Å². The molecule has 0 amide bonds. The van der Waals surface area contributed by atoms with Crippen LogP contribution in [0.3, 0.4) is 0 Å². The van der Waals surface area contributed by atoms with Gasteiger partial charge in [0.2, 0.25) is 0 Å². The summed E-state index contributed by atoms with van der Waals surface area (Å²) >= 11 is 5.51. The number of phenolic OH excluding ortho intramolecular Hbond substituents is 1. The van der Waals surface area contributed by atoms with Crippen LogP contribution in [0, 0.1) is 5.82 Å². The smallest absolute Gasteiger partial charge is 0.349 e. The van der Waals surface area contributed by atoms with Crippen LogP contribution in [0.2, 0.25) is 5.02 Å². The van der Waals surface area contributed by atoms with Crippen molar-refractivity contribution in [3.8, 4) is 11.4 Å². The van der Waals surface area contributed by atoms with Gasteiger partial charge in [-0.2, -0.15) is 9.78 Å². The van der Waals surface area contributed by atoms with Gasteiger partial charge in [-0.05, 0) is 6.07 Å². The summed E-state index contributed by atoms with van der Waals surface area (Å²) in [5.41, 5.74) is -2.16. The molecule has 0 atom stereocenters. The first kappa shape index (κ1) is 11.3. The molecule has 0 saturated carbocycles. The maximum atomic E-state index is 13.5. The van der Waals surface area contributed by atoms with E-state index in [2.05, 4.69) is 5.10 Å². The molecule has 0 spiro atoms. The highest BCUT2D eigenvalue weighted by molar-refractivity contribution is 6.30. The number of phenols is 1. The third-order valence-corrected chi connectivity index (χ3v) is 2.15. The minimum atomic E-state index is -0.964. The predicted molar refractivity (Wildman–Crippen MR) is 57.1 cm³/mol. The monoisotopic (exact) mass is 257 g/mol. The van der Waals surface area contributed by atoms with Gasteiger partial charge in [-0.15, -0.1) is 0 Å². The number of hydrogen-bond acceptors (Lipinski definition) is 4. The van der Waals surface area contributed by atoms with Crippen LogP contribution in [0.4, 0.5) is 4.39 Å². The Morgan fingerprint density at radius 2 is 2.12 bits per heavy atom. The highest BCUT2D eigenvalue weighted by Gasteiger charge is 2.14. The van der Waals surface area contributed by atoms with Gasteiger partial charge in [0.1, 0.15) is 17.6 Å². The number of aromatic hydroxyl groups is 1. The van der Waals surface area contributed by atoms with E-state index in [-0.39, 0.29) is 5.02 Å². The van der Waals surface area contributed by atoms with Crippen molar-refractivity contribution in [1.82, 2.24) is 14.8 Å². The van der Waals surface area contributed by atoms with Crippen molar-refractivity contribution in [2.75, 3.05) is 0 Å². The van der Waals surface area contributed by atoms with E-state index in [4.69, 9.17) is 11.6 Å². The summed E-state index contributed by atoms with van der Waals surface area (Å²) in [6.45, 7) is 0. The van der Waals surface area contributed by atoms with E-state index >= 15 is 0 Å². The Labute approximate surface area is 97.9 Å². The molecular formula is C9H5ClFN3O3. The molecule has 2 aromatic rings. The molecule has 6 nitrogen and oxygen atoms in total. The second-order valence-electron chi connectivity index (χ2n) is 3.11. The van der Waals surface area contributed by atoms with Crippen LogP contribution in [-0.4, -0.2) is 19.9 Å². The number of hydrogen-bond donors (Lipinski definition) is 2. The van der Waals surface area contributed by atoms with E-state index < -0.39 is 28.5 Å². The van der Waals surface area contributed by atoms with Gasteiger partial charge < -0.3 is 5.11 Å². The number of rotatable bonds is 1. The van der Waals surface area contributed by atoms with Crippen molar-refractivity contribution in [3.05, 3.63) is 50.0 Å². The van der Waals surface area contributed by atoms with Crippen molar-refractivity contribution < 1.29 is 9.50 Å². The summed E-state index contributed by atoms with van der Waals surface area (Å²) in [5.74, 6) is -1.49. The zero-order valence-corrected chi connectivity index (χ0v) is 8.90. The Hall–Kier alpha value is -2.15. The average molecular weight is 258 g/mol. The van der Waals surface area contributed by atoms with Crippen LogP contribution in [-0.2, 0) is 0 Å². The van der Waals surface area contributed by atoms with E-state index in [1.54, 1.807) is 0 Å². The fraction of sp³-hybridized carbons (Fsp3) is 0. The van der Waals surface area contributed by atoms with E-state index in [1.165, 1.54) is 0 Å². The zero-order chi connectivity index (χ0) is 12.6. The van der Waals surface area contributed by atoms with Gasteiger partial charge in [-0.1, -0.05) is 11.6 Å². The maximum absolute atomic E-state index is 13.5. The van der Waals surface area contributed by atoms with Crippen molar-refractivity contribution in [2.24, 2.45) is 0 Å². The quantitative estimate of drug-likeness (QED) is 0.775. The molecule has 0 fully saturated rings. The van der Waals surface area contributed by atoms with Crippen LogP contribution < -0.4 is 11.2 Å². The fourth-order valence-corrected chi connectivity index (χ4v) is 1.47. The number of nitrogens with zero attached hydrogens (tertiary/aromatic N) is 2. The molecule has 1 heterocycles. The lowest BCUT2D eigenvalue weighted by atomic mass is 10.3. The highest BCUT2D eigenvalue weighted by Crippen LogP contribution is 2.27. The Morgan fingerprint density at radius 1 is 1.41 bits per heavy atom. The Balaban J connectivity index is 2.77. The lowest BCUT2D eigenvalue weighted by molar-refractivity contribution is 0.459. The summed E-state index contributed by atoms with van der Waals surface area (Å²) in [7, 11) is 0. The number of H-pyrrole nitrogens is 1. The van der Waals surface area contributed by atoms with Crippen molar-refractivity contribution >= 4 is 11.6 Å². The first-order valence-corrected chi connectivity index (χ1v) is 4.74. The summed E-state index contributed by atoms with van der Waals surface area (Å²) < 4.78 is 14.1. The van der Waals surface area contributed by atoms with Gasteiger partial charge in [-0.3, -0.25) is 9.78 Å². The molecule has 0 aliphatic carbocycles. The lowest BCUT2D eigenvalue weighted by Crippen LogP contribution is -2.30. The molecule has 1 aromatic heterocycles. The summed E-state index contributed by atoms with van der Waals surface area (Å²) in [4.78, 5) is 24.0. The molecule has 0 unspecified atom stereocenters. The van der Waals surface area contributed by atoms with Crippen LogP contribution in [0.5, 0.6) is 5.75 Å². The van der Waals surface area contributed by atoms with Gasteiger partial charge in [0.05, 0.1) is 0 Å². The topological polar surface area (TPSA) is 88.0 Å². The highest BCUT2D eigenvalue weighted by atomic mass is 35.5. The van der Waals surface area contributed by atoms with Gasteiger partial charge >= 0.3 is 5.69 Å². The Morgan fingerprint density at radius 3 is 2.71 bits per heavy atom. The van der Waals surface area contributed by atoms with E-state index in [0.29, 0.717) is 4.68 Å². The van der Waals surface area contributed by atoms with Crippen LogP contribution in [0.25, 0.3) is 5.69 Å². The largest absolute Gasteiger partial charge is 0.506 e. The summed E-state index contributed by atoms with van der Waals surface area (Å²) in [5, 5.41) is 12.9. The van der Waals surface area contributed by atoms with Gasteiger partial charge in [0.15, 0.2) is 5.82 Å². The molecule has 8 heteroatoms. The number of aromatic nitrogens is 3. The van der Waals surface area contributed by atoms with E-state index in [1.807, 2.05) is 4.98 Å². The van der Waals surface area contributed by atoms with Crippen LogP contribution >= 0.6 is 11.6 Å². The predicted octanol–water partition coefficient (Wildman–Crippen LogP) is 0.419. The minimum absolute atomic E-state index is 0.0266. The molecule has 17 heavy (non-hydrogen) atoms. The lowest BCUT2D eigenvalue weighted by Gasteiger charge is -2.07. The normalized spacial score (nSPS) is 10.5. The van der Waals surface area contributed by atoms with Crippen molar-refractivity contribution in [3.63, 3.8) is 0 Å². The molecule has 0 saturated heterocycles. The van der Waals surface area contributed by atoms with Crippen molar-refractivity contribution in [1.29, 1.82) is 0 Å². The third kappa shape index (κ3) is 2.04. The molecule has 0 aliphatic heterocycles. The molecule has 0 aliphatic rings. The molecule has 0 bridgehead atoms. The summed E-state index contributed by atoms with van der Waals surface area (Å²) in [6.07, 6.45) is 0.787. The number of benzene rings is 1. The maximum Gasteiger partial charge on any atom is 0.349 e. The number of aromatic amines is 1. The first-order chi connectivity index (χ1) is 7.99. The minimum Gasteiger partial charge on any atom is -0.506 e.